The van der Waals surface area contributed by atoms with Gasteiger partial charge < -0.3 is 25.8 Å². The largest absolute Gasteiger partial charge is 0.496 e. The van der Waals surface area contributed by atoms with Gasteiger partial charge in [0.25, 0.3) is 0 Å². The van der Waals surface area contributed by atoms with Crippen molar-refractivity contribution >= 4 is 28.7 Å². The van der Waals surface area contributed by atoms with Crippen molar-refractivity contribution in [3.8, 4) is 5.75 Å². The molecule has 1 fully saturated rings. The summed E-state index contributed by atoms with van der Waals surface area (Å²) in [6.07, 6.45) is 5.74. The molecule has 1 saturated heterocycles. The van der Waals surface area contributed by atoms with Crippen molar-refractivity contribution in [3.63, 3.8) is 0 Å². The lowest BCUT2D eigenvalue weighted by molar-refractivity contribution is -0.136. The number of nitrogens with two attached hydrogens (primary N) is 1. The maximum atomic E-state index is 12.5. The van der Waals surface area contributed by atoms with Crippen LogP contribution in [0.25, 0.3) is 11.0 Å². The number of aromatic nitrogens is 4. The lowest BCUT2D eigenvalue weighted by atomic mass is 9.88. The summed E-state index contributed by atoms with van der Waals surface area (Å²) in [4.78, 5) is 23.1. The molecule has 0 bridgehead atoms. The molecule has 1 aliphatic heterocycles. The second kappa shape index (κ2) is 11.3. The molecule has 0 aliphatic carbocycles. The zero-order valence-electron chi connectivity index (χ0n) is 22.3. The molecule has 2 aromatic heterocycles. The molecule has 3 aromatic rings. The van der Waals surface area contributed by atoms with E-state index in [4.69, 9.17) is 10.5 Å². The molecule has 1 amide bonds. The molecule has 10 nitrogen and oxygen atoms in total. The summed E-state index contributed by atoms with van der Waals surface area (Å²) in [6, 6.07) is 6.35. The zero-order chi connectivity index (χ0) is 26.6. The number of aliphatic hydroxyl groups is 1. The maximum Gasteiger partial charge on any atom is 0.225 e. The number of hydrogen-bond donors (Lipinski definition) is 3. The van der Waals surface area contributed by atoms with Crippen LogP contribution >= 0.6 is 0 Å². The molecule has 0 atom stereocenters. The van der Waals surface area contributed by atoms with Crippen molar-refractivity contribution in [1.29, 1.82) is 0 Å². The molecule has 37 heavy (non-hydrogen) atoms. The number of amides is 1. The highest BCUT2D eigenvalue weighted by molar-refractivity contribution is 5.86. The predicted octanol–water partition coefficient (Wildman–Crippen LogP) is 3.54. The van der Waals surface area contributed by atoms with Gasteiger partial charge in [0, 0.05) is 25.2 Å². The van der Waals surface area contributed by atoms with Gasteiger partial charge in [0.05, 0.1) is 31.9 Å². The van der Waals surface area contributed by atoms with E-state index in [0.29, 0.717) is 36.9 Å². The number of fused-ring (bicyclic) bond motifs is 1. The topological polar surface area (TPSA) is 131 Å². The lowest BCUT2D eigenvalue weighted by Crippen LogP contribution is -2.41. The molecule has 200 valence electrons. The molecule has 0 unspecified atom stereocenters. The van der Waals surface area contributed by atoms with E-state index in [0.717, 1.165) is 49.1 Å². The van der Waals surface area contributed by atoms with Crippen molar-refractivity contribution < 1.29 is 14.6 Å². The number of likely N-dealkylation sites (tertiary alicyclic amines) is 1. The van der Waals surface area contributed by atoms with Gasteiger partial charge in [-0.25, -0.2) is 4.98 Å². The van der Waals surface area contributed by atoms with E-state index >= 15 is 0 Å². The van der Waals surface area contributed by atoms with Gasteiger partial charge in [0.15, 0.2) is 5.82 Å². The van der Waals surface area contributed by atoms with E-state index in [1.807, 2.05) is 9.58 Å². The number of carbonyl (C=O) groups excluding carboxylic acids is 1. The molecule has 4 N–H and O–H groups in total. The summed E-state index contributed by atoms with van der Waals surface area (Å²) in [7, 11) is 1.68. The van der Waals surface area contributed by atoms with E-state index in [2.05, 4.69) is 45.5 Å². The molecule has 3 heterocycles. The standard InChI is InChI=1S/C27H39N7O3/c1-5-6-11-29-25-24-21(31-26(28)32-25)16-30-34(24)17-20-8-7-19(14-22(20)37-4)18-9-12-33(13-10-18)23(35)15-27(2,3)36/h7-8,14,16,18,36H,5-6,9-13,15,17H2,1-4H3,(H3,28,29,31,32). The fourth-order valence-corrected chi connectivity index (χ4v) is 4.89. The Labute approximate surface area is 218 Å². The minimum Gasteiger partial charge on any atom is -0.496 e. The fraction of sp³-hybridized carbons (Fsp3) is 0.556. The summed E-state index contributed by atoms with van der Waals surface area (Å²) in [5.41, 5.74) is 8.67. The molecule has 0 radical (unpaired) electrons. The summed E-state index contributed by atoms with van der Waals surface area (Å²) < 4.78 is 7.66. The first-order valence-electron chi connectivity index (χ1n) is 13.1. The number of piperidine rings is 1. The highest BCUT2D eigenvalue weighted by Crippen LogP contribution is 2.33. The van der Waals surface area contributed by atoms with Crippen LogP contribution in [0, 0.1) is 0 Å². The first-order chi connectivity index (χ1) is 17.7. The van der Waals surface area contributed by atoms with Crippen LogP contribution in [0.2, 0.25) is 0 Å². The van der Waals surface area contributed by atoms with E-state index in [-0.39, 0.29) is 18.3 Å². The van der Waals surface area contributed by atoms with Gasteiger partial charge in [-0.15, -0.1) is 0 Å². The maximum absolute atomic E-state index is 12.5. The van der Waals surface area contributed by atoms with Crippen molar-refractivity contribution in [1.82, 2.24) is 24.6 Å². The van der Waals surface area contributed by atoms with Crippen LogP contribution in [0.1, 0.15) is 69.9 Å². The Morgan fingerprint density at radius 1 is 1.27 bits per heavy atom. The number of benzene rings is 1. The number of unbranched alkanes of at least 4 members (excludes halogenated alkanes) is 1. The first kappa shape index (κ1) is 26.7. The normalized spacial score (nSPS) is 14.8. The number of nitrogen functional groups attached to an aromatic ring is 1. The number of anilines is 2. The van der Waals surface area contributed by atoms with Crippen molar-refractivity contribution in [3.05, 3.63) is 35.5 Å². The van der Waals surface area contributed by atoms with E-state index in [9.17, 15) is 9.90 Å². The van der Waals surface area contributed by atoms with Crippen LogP contribution in [0.3, 0.4) is 0 Å². The summed E-state index contributed by atoms with van der Waals surface area (Å²) in [6.45, 7) is 8.18. The van der Waals surface area contributed by atoms with Crippen molar-refractivity contribution in [2.45, 2.75) is 70.9 Å². The predicted molar refractivity (Wildman–Crippen MR) is 145 cm³/mol. The van der Waals surface area contributed by atoms with Gasteiger partial charge >= 0.3 is 0 Å². The van der Waals surface area contributed by atoms with Crippen LogP contribution in [0.4, 0.5) is 11.8 Å². The zero-order valence-corrected chi connectivity index (χ0v) is 22.3. The smallest absolute Gasteiger partial charge is 0.225 e. The third-order valence-corrected chi connectivity index (χ3v) is 6.86. The summed E-state index contributed by atoms with van der Waals surface area (Å²) in [5, 5.41) is 17.9. The lowest BCUT2D eigenvalue weighted by Gasteiger charge is -2.33. The van der Waals surface area contributed by atoms with Gasteiger partial charge in [-0.05, 0) is 50.7 Å². The van der Waals surface area contributed by atoms with Crippen LogP contribution in [-0.2, 0) is 11.3 Å². The number of ether oxygens (including phenoxy) is 1. The third-order valence-electron chi connectivity index (χ3n) is 6.86. The molecule has 4 rings (SSSR count). The number of carbonyl (C=O) groups is 1. The average molecular weight is 510 g/mol. The van der Waals surface area contributed by atoms with Gasteiger partial charge in [-0.2, -0.15) is 10.1 Å². The monoisotopic (exact) mass is 509 g/mol. The second-order valence-corrected chi connectivity index (χ2v) is 10.5. The Morgan fingerprint density at radius 3 is 2.70 bits per heavy atom. The highest BCUT2D eigenvalue weighted by Gasteiger charge is 2.27. The van der Waals surface area contributed by atoms with Gasteiger partial charge in [0.1, 0.15) is 16.8 Å². The van der Waals surface area contributed by atoms with E-state index in [1.165, 1.54) is 5.56 Å². The quantitative estimate of drug-likeness (QED) is 0.354. The molecule has 0 spiro atoms. The Balaban J connectivity index is 1.49. The number of nitrogens with one attached hydrogen (secondary N) is 1. The Hall–Kier alpha value is -3.40. The number of nitrogens with zero attached hydrogens (tertiary/aromatic N) is 5. The number of methoxy groups -OCH3 is 1. The van der Waals surface area contributed by atoms with Crippen LogP contribution in [-0.4, -0.2) is 68.0 Å². The van der Waals surface area contributed by atoms with Crippen LogP contribution in [0.15, 0.2) is 24.4 Å². The summed E-state index contributed by atoms with van der Waals surface area (Å²) >= 11 is 0. The molecule has 1 aliphatic rings. The summed E-state index contributed by atoms with van der Waals surface area (Å²) in [5.74, 6) is 2.08. The molecular formula is C27H39N7O3. The van der Waals surface area contributed by atoms with Crippen molar-refractivity contribution in [2.24, 2.45) is 0 Å². The molecule has 0 saturated carbocycles. The Bertz CT molecular complexity index is 1230. The number of hydrogen-bond acceptors (Lipinski definition) is 8. The Kier molecular flexibility index (Phi) is 8.16. The fourth-order valence-electron chi connectivity index (χ4n) is 4.89. The minimum atomic E-state index is -0.984. The average Bonchev–Trinajstić information content (AvgIpc) is 3.25. The number of rotatable bonds is 10. The van der Waals surface area contributed by atoms with E-state index in [1.54, 1.807) is 27.2 Å². The van der Waals surface area contributed by atoms with Crippen LogP contribution in [0.5, 0.6) is 5.75 Å². The highest BCUT2D eigenvalue weighted by atomic mass is 16.5. The molecule has 1 aromatic carbocycles. The first-order valence-corrected chi connectivity index (χ1v) is 13.1. The second-order valence-electron chi connectivity index (χ2n) is 10.5. The minimum absolute atomic E-state index is 0.0135. The van der Waals surface area contributed by atoms with Gasteiger partial charge in [-0.3, -0.25) is 9.48 Å². The van der Waals surface area contributed by atoms with Crippen LogP contribution < -0.4 is 15.8 Å². The Morgan fingerprint density at radius 2 is 2.03 bits per heavy atom. The van der Waals surface area contributed by atoms with E-state index < -0.39 is 5.60 Å². The van der Waals surface area contributed by atoms with Crippen molar-refractivity contribution in [2.75, 3.05) is 37.8 Å². The van der Waals surface area contributed by atoms with Gasteiger partial charge in [0.2, 0.25) is 11.9 Å². The SMILES string of the molecule is CCCCNc1nc(N)nc2cnn(Cc3ccc(C4CCN(C(=O)CC(C)(C)O)CC4)cc3OC)c12. The van der Waals surface area contributed by atoms with Gasteiger partial charge in [-0.1, -0.05) is 25.5 Å². The molecule has 10 heteroatoms. The third kappa shape index (κ3) is 6.49. The molecular weight excluding hydrogens is 470 g/mol.